The van der Waals surface area contributed by atoms with Gasteiger partial charge in [-0.1, -0.05) is 6.08 Å². The molecule has 2 N–H and O–H groups in total. The molecular formula is C8H15NO2. The van der Waals surface area contributed by atoms with Gasteiger partial charge in [-0.15, -0.1) is 6.58 Å². The first kappa shape index (κ1) is 10.2. The number of hydrogen-bond acceptors (Lipinski definition) is 2. The quantitative estimate of drug-likeness (QED) is 0.569. The third kappa shape index (κ3) is 7.06. The summed E-state index contributed by atoms with van der Waals surface area (Å²) in [7, 11) is 0. The fraction of sp³-hybridized carbons (Fsp3) is 0.625. The molecule has 0 saturated carbocycles. The highest BCUT2D eigenvalue weighted by Gasteiger charge is 2.00. The molecule has 0 radical (unpaired) electrons. The van der Waals surface area contributed by atoms with Crippen LogP contribution in [0.3, 0.4) is 0 Å². The van der Waals surface area contributed by atoms with Crippen LogP contribution in [-0.4, -0.2) is 23.7 Å². The van der Waals surface area contributed by atoms with Crippen molar-refractivity contribution >= 4 is 5.91 Å². The molecule has 0 aromatic rings. The lowest BCUT2D eigenvalue weighted by atomic mass is 10.3. The molecule has 0 aromatic carbocycles. The number of rotatable bonds is 5. The summed E-state index contributed by atoms with van der Waals surface area (Å²) in [6, 6.07) is 0. The van der Waals surface area contributed by atoms with Crippen LogP contribution in [0.4, 0.5) is 0 Å². The summed E-state index contributed by atoms with van der Waals surface area (Å²) in [5.74, 6) is -0.0363. The van der Waals surface area contributed by atoms with Gasteiger partial charge in [0, 0.05) is 13.0 Å². The fourth-order valence-electron chi connectivity index (χ4n) is 0.583. The standard InChI is InChI=1S/C8H15NO2/c1-3-4-5-8(11)9-6-7(2)10/h3,7,10H,1,4-6H2,2H3,(H,9,11). The zero-order valence-electron chi connectivity index (χ0n) is 6.84. The van der Waals surface area contributed by atoms with Crippen LogP contribution in [0.15, 0.2) is 12.7 Å². The molecule has 0 aliphatic carbocycles. The van der Waals surface area contributed by atoms with Gasteiger partial charge in [-0.05, 0) is 13.3 Å². The van der Waals surface area contributed by atoms with Gasteiger partial charge in [0.05, 0.1) is 6.10 Å². The van der Waals surface area contributed by atoms with Crippen molar-refractivity contribution in [2.75, 3.05) is 6.54 Å². The summed E-state index contributed by atoms with van der Waals surface area (Å²) in [6.45, 7) is 5.46. The smallest absolute Gasteiger partial charge is 0.220 e. The van der Waals surface area contributed by atoms with Crippen molar-refractivity contribution in [1.82, 2.24) is 5.32 Å². The number of carbonyl (C=O) groups excluding carboxylic acids is 1. The Morgan fingerprint density at radius 2 is 2.45 bits per heavy atom. The van der Waals surface area contributed by atoms with Gasteiger partial charge in [0.25, 0.3) is 0 Å². The highest BCUT2D eigenvalue weighted by molar-refractivity contribution is 5.75. The Morgan fingerprint density at radius 3 is 2.91 bits per heavy atom. The van der Waals surface area contributed by atoms with Crippen LogP contribution in [0.2, 0.25) is 0 Å². The summed E-state index contributed by atoms with van der Waals surface area (Å²) in [4.78, 5) is 10.8. The maximum Gasteiger partial charge on any atom is 0.220 e. The van der Waals surface area contributed by atoms with Crippen molar-refractivity contribution < 1.29 is 9.90 Å². The maximum atomic E-state index is 10.8. The van der Waals surface area contributed by atoms with Crippen LogP contribution in [0.25, 0.3) is 0 Å². The van der Waals surface area contributed by atoms with E-state index in [4.69, 9.17) is 5.11 Å². The number of allylic oxidation sites excluding steroid dienone is 1. The molecule has 0 spiro atoms. The number of hydrogen-bond donors (Lipinski definition) is 2. The molecule has 0 aliphatic rings. The third-order valence-electron chi connectivity index (χ3n) is 1.17. The lowest BCUT2D eigenvalue weighted by molar-refractivity contribution is -0.121. The van der Waals surface area contributed by atoms with Gasteiger partial charge in [0.15, 0.2) is 0 Å². The number of amides is 1. The average Bonchev–Trinajstić information content (AvgIpc) is 1.97. The topological polar surface area (TPSA) is 49.3 Å². The van der Waals surface area contributed by atoms with Crippen molar-refractivity contribution in [3.05, 3.63) is 12.7 Å². The van der Waals surface area contributed by atoms with E-state index in [-0.39, 0.29) is 5.91 Å². The second-order valence-corrected chi connectivity index (χ2v) is 2.48. The highest BCUT2D eigenvalue weighted by atomic mass is 16.3. The summed E-state index contributed by atoms with van der Waals surface area (Å²) in [6.07, 6.45) is 2.37. The summed E-state index contributed by atoms with van der Waals surface area (Å²) >= 11 is 0. The lowest BCUT2D eigenvalue weighted by Crippen LogP contribution is -2.30. The molecule has 11 heavy (non-hydrogen) atoms. The number of nitrogens with one attached hydrogen (secondary N) is 1. The Bertz CT molecular complexity index is 132. The molecule has 0 aromatic heterocycles. The van der Waals surface area contributed by atoms with Crippen LogP contribution in [0.1, 0.15) is 19.8 Å². The van der Waals surface area contributed by atoms with Crippen molar-refractivity contribution in [2.24, 2.45) is 0 Å². The van der Waals surface area contributed by atoms with Crippen molar-refractivity contribution in [2.45, 2.75) is 25.9 Å². The Labute approximate surface area is 67.1 Å². The van der Waals surface area contributed by atoms with Crippen molar-refractivity contribution in [1.29, 1.82) is 0 Å². The Kier molecular flexibility index (Phi) is 5.47. The second-order valence-electron chi connectivity index (χ2n) is 2.48. The fourth-order valence-corrected chi connectivity index (χ4v) is 0.583. The van der Waals surface area contributed by atoms with Crippen LogP contribution >= 0.6 is 0 Å². The van der Waals surface area contributed by atoms with E-state index >= 15 is 0 Å². The number of carbonyl (C=O) groups is 1. The van der Waals surface area contributed by atoms with Gasteiger partial charge in [-0.2, -0.15) is 0 Å². The molecule has 0 rings (SSSR count). The van der Waals surface area contributed by atoms with Gasteiger partial charge >= 0.3 is 0 Å². The van der Waals surface area contributed by atoms with Crippen LogP contribution in [0, 0.1) is 0 Å². The monoisotopic (exact) mass is 157 g/mol. The van der Waals surface area contributed by atoms with Crippen molar-refractivity contribution in [3.8, 4) is 0 Å². The number of aliphatic hydroxyl groups is 1. The van der Waals surface area contributed by atoms with E-state index < -0.39 is 6.10 Å². The van der Waals surface area contributed by atoms with Gasteiger partial charge in [-0.25, -0.2) is 0 Å². The molecule has 64 valence electrons. The molecule has 3 heteroatoms. The van der Waals surface area contributed by atoms with E-state index in [1.54, 1.807) is 13.0 Å². The SMILES string of the molecule is C=CCCC(=O)NCC(C)O. The molecule has 0 bridgehead atoms. The minimum absolute atomic E-state index is 0.0363. The maximum absolute atomic E-state index is 10.8. The van der Waals surface area contributed by atoms with Crippen molar-refractivity contribution in [3.63, 3.8) is 0 Å². The van der Waals surface area contributed by atoms with Crippen LogP contribution in [-0.2, 0) is 4.79 Å². The van der Waals surface area contributed by atoms with E-state index in [1.807, 2.05) is 0 Å². The van der Waals surface area contributed by atoms with E-state index in [0.29, 0.717) is 19.4 Å². The van der Waals surface area contributed by atoms with Gasteiger partial charge in [0.2, 0.25) is 5.91 Å². The minimum Gasteiger partial charge on any atom is -0.392 e. The Morgan fingerprint density at radius 1 is 1.82 bits per heavy atom. The average molecular weight is 157 g/mol. The van der Waals surface area contributed by atoms with E-state index in [9.17, 15) is 4.79 Å². The first-order chi connectivity index (χ1) is 5.16. The van der Waals surface area contributed by atoms with Crippen LogP contribution in [0.5, 0.6) is 0 Å². The molecule has 1 amide bonds. The predicted octanol–water partition coefficient (Wildman–Crippen LogP) is 0.450. The molecule has 1 unspecified atom stereocenters. The summed E-state index contributed by atoms with van der Waals surface area (Å²) in [5.41, 5.74) is 0. The molecule has 0 fully saturated rings. The van der Waals surface area contributed by atoms with Gasteiger partial charge < -0.3 is 10.4 Å². The van der Waals surface area contributed by atoms with Gasteiger partial charge in [-0.3, -0.25) is 4.79 Å². The largest absolute Gasteiger partial charge is 0.392 e. The first-order valence-corrected chi connectivity index (χ1v) is 3.72. The normalized spacial score (nSPS) is 12.2. The summed E-state index contributed by atoms with van der Waals surface area (Å²) < 4.78 is 0. The zero-order valence-corrected chi connectivity index (χ0v) is 6.84. The van der Waals surface area contributed by atoms with E-state index in [2.05, 4.69) is 11.9 Å². The zero-order chi connectivity index (χ0) is 8.69. The van der Waals surface area contributed by atoms with Crippen LogP contribution < -0.4 is 5.32 Å². The molecular weight excluding hydrogens is 142 g/mol. The molecule has 1 atom stereocenters. The predicted molar refractivity (Wildman–Crippen MR) is 44.1 cm³/mol. The summed E-state index contributed by atoms with van der Waals surface area (Å²) in [5, 5.41) is 11.4. The molecule has 0 saturated heterocycles. The van der Waals surface area contributed by atoms with E-state index in [1.165, 1.54) is 0 Å². The van der Waals surface area contributed by atoms with E-state index in [0.717, 1.165) is 0 Å². The second kappa shape index (κ2) is 5.92. The number of aliphatic hydroxyl groups excluding tert-OH is 1. The minimum atomic E-state index is -0.470. The Balaban J connectivity index is 3.29. The molecule has 0 aliphatic heterocycles. The Hall–Kier alpha value is -0.830. The first-order valence-electron chi connectivity index (χ1n) is 3.72. The molecule has 0 heterocycles. The van der Waals surface area contributed by atoms with Gasteiger partial charge in [0.1, 0.15) is 0 Å². The third-order valence-corrected chi connectivity index (χ3v) is 1.17. The lowest BCUT2D eigenvalue weighted by Gasteiger charge is -2.05. The molecule has 3 nitrogen and oxygen atoms in total. The highest BCUT2D eigenvalue weighted by Crippen LogP contribution is 1.88.